The first kappa shape index (κ1) is 21.0. The summed E-state index contributed by atoms with van der Waals surface area (Å²) < 4.78 is 5.47. The second-order valence-corrected chi connectivity index (χ2v) is 4.97. The lowest BCUT2D eigenvalue weighted by Gasteiger charge is -2.25. The minimum Gasteiger partial charge on any atom is -0.496 e. The van der Waals surface area contributed by atoms with Crippen LogP contribution in [-0.4, -0.2) is 51.7 Å². The van der Waals surface area contributed by atoms with E-state index in [0.29, 0.717) is 6.54 Å². The van der Waals surface area contributed by atoms with Crippen molar-refractivity contribution in [2.75, 3.05) is 40.8 Å². The molecule has 126 valence electrons. The van der Waals surface area contributed by atoms with E-state index in [2.05, 4.69) is 54.5 Å². The zero-order valence-electron chi connectivity index (χ0n) is 14.2. The third kappa shape index (κ3) is 6.39. The van der Waals surface area contributed by atoms with Crippen LogP contribution < -0.4 is 15.4 Å². The number of aliphatic imine (C=N–C) groups is 1. The molecule has 0 saturated heterocycles. The lowest BCUT2D eigenvalue weighted by molar-refractivity contribution is 0.295. The number of para-hydroxylation sites is 1. The summed E-state index contributed by atoms with van der Waals surface area (Å²) in [7, 11) is 5.83. The monoisotopic (exact) mass is 420 g/mol. The summed E-state index contributed by atoms with van der Waals surface area (Å²) in [6.45, 7) is 6.51. The molecule has 0 spiro atoms. The fourth-order valence-electron chi connectivity index (χ4n) is 2.17. The summed E-state index contributed by atoms with van der Waals surface area (Å²) in [5.74, 6) is 1.75. The molecule has 0 radical (unpaired) electrons. The Labute approximate surface area is 151 Å². The minimum atomic E-state index is 0. The normalized spacial score (nSPS) is 11.4. The predicted octanol–water partition coefficient (Wildman–Crippen LogP) is 2.49. The number of nitrogens with one attached hydrogen (secondary N) is 2. The van der Waals surface area contributed by atoms with Crippen LogP contribution in [0.15, 0.2) is 29.3 Å². The van der Waals surface area contributed by atoms with Crippen LogP contribution in [0, 0.1) is 0 Å². The van der Waals surface area contributed by atoms with Gasteiger partial charge in [-0.25, -0.2) is 0 Å². The molecular weight excluding hydrogens is 391 g/mol. The van der Waals surface area contributed by atoms with Crippen molar-refractivity contribution in [2.24, 2.45) is 4.99 Å². The smallest absolute Gasteiger partial charge is 0.191 e. The van der Waals surface area contributed by atoms with E-state index in [0.717, 1.165) is 30.4 Å². The molecule has 2 N–H and O–H groups in total. The molecule has 1 aromatic carbocycles. The van der Waals surface area contributed by atoms with E-state index in [9.17, 15) is 0 Å². The maximum absolute atomic E-state index is 5.47. The Morgan fingerprint density at radius 1 is 1.18 bits per heavy atom. The number of nitrogens with zero attached hydrogens (tertiary/aromatic N) is 2. The first-order chi connectivity index (χ1) is 10.1. The Morgan fingerprint density at radius 3 is 2.27 bits per heavy atom. The van der Waals surface area contributed by atoms with Gasteiger partial charge in [0, 0.05) is 18.7 Å². The molecule has 1 unspecified atom stereocenters. The average Bonchev–Trinajstić information content (AvgIpc) is 2.48. The number of benzene rings is 1. The number of halogens is 1. The summed E-state index contributed by atoms with van der Waals surface area (Å²) in [6.07, 6.45) is 0. The van der Waals surface area contributed by atoms with Gasteiger partial charge in [-0.3, -0.25) is 4.99 Å². The first-order valence-corrected chi connectivity index (χ1v) is 7.45. The van der Waals surface area contributed by atoms with E-state index < -0.39 is 0 Å². The fourth-order valence-corrected chi connectivity index (χ4v) is 2.17. The molecular formula is C16H29IN4O. The van der Waals surface area contributed by atoms with Gasteiger partial charge in [-0.1, -0.05) is 18.2 Å². The summed E-state index contributed by atoms with van der Waals surface area (Å²) >= 11 is 0. The minimum absolute atomic E-state index is 0. The zero-order valence-corrected chi connectivity index (χ0v) is 16.5. The number of guanidine groups is 1. The van der Waals surface area contributed by atoms with E-state index in [4.69, 9.17) is 4.74 Å². The van der Waals surface area contributed by atoms with Gasteiger partial charge in [0.25, 0.3) is 0 Å². The van der Waals surface area contributed by atoms with Crippen LogP contribution in [0.5, 0.6) is 5.75 Å². The molecule has 0 bridgehead atoms. The van der Waals surface area contributed by atoms with Crippen molar-refractivity contribution in [3.63, 3.8) is 0 Å². The second-order valence-electron chi connectivity index (χ2n) is 4.97. The molecule has 0 saturated carbocycles. The molecule has 0 aromatic heterocycles. The summed E-state index contributed by atoms with van der Waals surface area (Å²) in [5, 5.41) is 6.49. The highest BCUT2D eigenvalue weighted by Gasteiger charge is 2.17. The lowest BCUT2D eigenvalue weighted by atomic mass is 10.0. The van der Waals surface area contributed by atoms with E-state index in [1.165, 1.54) is 0 Å². The highest BCUT2D eigenvalue weighted by atomic mass is 127. The van der Waals surface area contributed by atoms with Gasteiger partial charge >= 0.3 is 0 Å². The molecule has 1 rings (SSSR count). The molecule has 0 fully saturated rings. The van der Waals surface area contributed by atoms with Crippen molar-refractivity contribution in [3.05, 3.63) is 29.8 Å². The molecule has 0 aliphatic carbocycles. The fraction of sp³-hybridized carbons (Fsp3) is 0.562. The van der Waals surface area contributed by atoms with Crippen LogP contribution >= 0.6 is 24.0 Å². The van der Waals surface area contributed by atoms with Crippen LogP contribution in [0.1, 0.15) is 25.5 Å². The molecule has 0 amide bonds. The third-order valence-electron chi connectivity index (χ3n) is 3.23. The van der Waals surface area contributed by atoms with E-state index >= 15 is 0 Å². The van der Waals surface area contributed by atoms with Crippen molar-refractivity contribution >= 4 is 29.9 Å². The molecule has 5 nitrogen and oxygen atoms in total. The Morgan fingerprint density at radius 2 is 1.77 bits per heavy atom. The van der Waals surface area contributed by atoms with Crippen molar-refractivity contribution in [1.82, 2.24) is 15.5 Å². The van der Waals surface area contributed by atoms with Gasteiger partial charge in [0.15, 0.2) is 5.96 Å². The lowest BCUT2D eigenvalue weighted by Crippen LogP contribution is -2.37. The Bertz CT molecular complexity index is 444. The van der Waals surface area contributed by atoms with Crippen molar-refractivity contribution in [3.8, 4) is 5.75 Å². The predicted molar refractivity (Wildman–Crippen MR) is 104 cm³/mol. The molecule has 0 aliphatic heterocycles. The second kappa shape index (κ2) is 11.5. The first-order valence-electron chi connectivity index (χ1n) is 7.45. The summed E-state index contributed by atoms with van der Waals surface area (Å²) in [5.41, 5.74) is 1.15. The molecule has 22 heavy (non-hydrogen) atoms. The number of likely N-dealkylation sites (N-methyl/N-ethyl adjacent to an activating group) is 1. The standard InChI is InChI=1S/C16H28N4O.HI/c1-6-17-16(18-7-2)19-12-14(20(3)4)13-10-8-9-11-15(13)21-5;/h8-11,14H,6-7,12H2,1-5H3,(H2,17,18,19);1H. The quantitative estimate of drug-likeness (QED) is 0.404. The maximum Gasteiger partial charge on any atom is 0.191 e. The molecule has 0 aliphatic rings. The van der Waals surface area contributed by atoms with Crippen LogP contribution in [0.4, 0.5) is 0 Å². The van der Waals surface area contributed by atoms with Gasteiger partial charge in [-0.15, -0.1) is 24.0 Å². The van der Waals surface area contributed by atoms with Crippen LogP contribution in [0.2, 0.25) is 0 Å². The molecule has 0 heterocycles. The van der Waals surface area contributed by atoms with Crippen molar-refractivity contribution in [2.45, 2.75) is 19.9 Å². The highest BCUT2D eigenvalue weighted by Crippen LogP contribution is 2.27. The number of rotatable bonds is 7. The molecule has 1 atom stereocenters. The van der Waals surface area contributed by atoms with Gasteiger partial charge in [-0.2, -0.15) is 0 Å². The van der Waals surface area contributed by atoms with E-state index in [1.807, 2.05) is 18.2 Å². The third-order valence-corrected chi connectivity index (χ3v) is 3.23. The number of ether oxygens (including phenoxy) is 1. The van der Waals surface area contributed by atoms with E-state index in [-0.39, 0.29) is 30.0 Å². The van der Waals surface area contributed by atoms with Gasteiger partial charge in [0.2, 0.25) is 0 Å². The van der Waals surface area contributed by atoms with Crippen molar-refractivity contribution < 1.29 is 4.74 Å². The topological polar surface area (TPSA) is 48.9 Å². The molecule has 1 aromatic rings. The van der Waals surface area contributed by atoms with Crippen LogP contribution in [0.25, 0.3) is 0 Å². The average molecular weight is 420 g/mol. The van der Waals surface area contributed by atoms with Crippen molar-refractivity contribution in [1.29, 1.82) is 0 Å². The summed E-state index contributed by atoms with van der Waals surface area (Å²) in [4.78, 5) is 6.84. The van der Waals surface area contributed by atoms with Gasteiger partial charge in [0.1, 0.15) is 5.75 Å². The summed E-state index contributed by atoms with van der Waals surface area (Å²) in [6, 6.07) is 8.28. The largest absolute Gasteiger partial charge is 0.496 e. The highest BCUT2D eigenvalue weighted by molar-refractivity contribution is 14.0. The number of hydrogen-bond donors (Lipinski definition) is 2. The zero-order chi connectivity index (χ0) is 15.7. The van der Waals surface area contributed by atoms with E-state index in [1.54, 1.807) is 7.11 Å². The Kier molecular flexibility index (Phi) is 11.0. The van der Waals surface area contributed by atoms with Gasteiger partial charge in [0.05, 0.1) is 19.7 Å². The van der Waals surface area contributed by atoms with Gasteiger partial charge < -0.3 is 20.3 Å². The number of hydrogen-bond acceptors (Lipinski definition) is 3. The Hall–Kier alpha value is -1.02. The Balaban J connectivity index is 0.00000441. The number of methoxy groups -OCH3 is 1. The molecule has 6 heteroatoms. The van der Waals surface area contributed by atoms with Crippen LogP contribution in [0.3, 0.4) is 0 Å². The van der Waals surface area contributed by atoms with Gasteiger partial charge in [-0.05, 0) is 34.0 Å². The maximum atomic E-state index is 5.47. The van der Waals surface area contributed by atoms with Crippen LogP contribution in [-0.2, 0) is 0 Å². The SMILES string of the molecule is CCNC(=NCC(c1ccccc1OC)N(C)C)NCC.I.